The fraction of sp³-hybridized carbons (Fsp3) is 0.929. The average Bonchev–Trinajstić information content (AvgIpc) is 2.21. The van der Waals surface area contributed by atoms with Crippen LogP contribution in [0.2, 0.25) is 0 Å². The van der Waals surface area contributed by atoms with Crippen molar-refractivity contribution in [3.63, 3.8) is 0 Å². The lowest BCUT2D eigenvalue weighted by atomic mass is 9.94. The summed E-state index contributed by atoms with van der Waals surface area (Å²) in [7, 11) is 0. The Morgan fingerprint density at radius 1 is 1.00 bits per heavy atom. The van der Waals surface area contributed by atoms with Crippen molar-refractivity contribution in [2.75, 3.05) is 0 Å². The highest BCUT2D eigenvalue weighted by Gasteiger charge is 2.04. The Balaban J connectivity index is 3.21. The molecule has 1 atom stereocenters. The van der Waals surface area contributed by atoms with Gasteiger partial charge in [0, 0.05) is 3.92 Å². The molecule has 0 aromatic carbocycles. The van der Waals surface area contributed by atoms with E-state index < -0.39 is 0 Å². The van der Waals surface area contributed by atoms with Gasteiger partial charge in [-0.05, 0) is 31.6 Å². The van der Waals surface area contributed by atoms with E-state index >= 15 is 0 Å². The number of unbranched alkanes of at least 4 members (excludes halogenated alkanes) is 3. The van der Waals surface area contributed by atoms with Crippen LogP contribution in [-0.2, 0) is 0 Å². The molecule has 0 rings (SSSR count). The van der Waals surface area contributed by atoms with Crippen LogP contribution >= 0.6 is 22.6 Å². The maximum absolute atomic E-state index is 2.53. The Morgan fingerprint density at radius 3 is 2.20 bits per heavy atom. The van der Waals surface area contributed by atoms with Crippen LogP contribution in [-0.4, -0.2) is 3.92 Å². The third kappa shape index (κ3) is 11.0. The summed E-state index contributed by atoms with van der Waals surface area (Å²) in [6, 6.07) is 0. The van der Waals surface area contributed by atoms with E-state index in [2.05, 4.69) is 43.4 Å². The maximum Gasteiger partial charge on any atom is 0.00813 e. The van der Waals surface area contributed by atoms with Crippen molar-refractivity contribution in [2.45, 2.75) is 82.5 Å². The maximum atomic E-state index is 2.53. The number of hydrogen-bond acceptors (Lipinski definition) is 0. The van der Waals surface area contributed by atoms with Crippen molar-refractivity contribution in [1.29, 1.82) is 0 Å². The molecule has 0 amide bonds. The number of hydrogen-bond donors (Lipinski definition) is 0. The zero-order valence-electron chi connectivity index (χ0n) is 10.8. The van der Waals surface area contributed by atoms with Crippen molar-refractivity contribution < 1.29 is 0 Å². The van der Waals surface area contributed by atoms with Gasteiger partial charge in [-0.1, -0.05) is 75.5 Å². The highest BCUT2D eigenvalue weighted by molar-refractivity contribution is 14.1. The predicted octanol–water partition coefficient (Wildman–Crippen LogP) is 5.94. The molecule has 0 aliphatic rings. The molecule has 15 heavy (non-hydrogen) atoms. The van der Waals surface area contributed by atoms with Crippen LogP contribution in [0.5, 0.6) is 0 Å². The smallest absolute Gasteiger partial charge is 0.00813 e. The fourth-order valence-electron chi connectivity index (χ4n) is 1.99. The molecule has 0 aliphatic carbocycles. The summed E-state index contributed by atoms with van der Waals surface area (Å²) in [5.74, 6) is 1.79. The average molecular weight is 323 g/mol. The monoisotopic (exact) mass is 323 g/mol. The lowest BCUT2D eigenvalue weighted by Gasteiger charge is -2.12. The summed E-state index contributed by atoms with van der Waals surface area (Å²) >= 11 is 2.53. The van der Waals surface area contributed by atoms with Gasteiger partial charge in [0.1, 0.15) is 0 Å². The summed E-state index contributed by atoms with van der Waals surface area (Å²) in [5.41, 5.74) is 0. The van der Waals surface area contributed by atoms with Gasteiger partial charge in [-0.2, -0.15) is 0 Å². The van der Waals surface area contributed by atoms with Gasteiger partial charge in [-0.25, -0.2) is 0 Å². The minimum absolute atomic E-state index is 0.862. The molecule has 0 fully saturated rings. The van der Waals surface area contributed by atoms with Crippen LogP contribution in [0, 0.1) is 5.92 Å². The van der Waals surface area contributed by atoms with Gasteiger partial charge in [0.25, 0.3) is 0 Å². The molecule has 0 spiro atoms. The van der Waals surface area contributed by atoms with Crippen molar-refractivity contribution >= 4 is 22.6 Å². The Labute approximate surface area is 111 Å². The van der Waals surface area contributed by atoms with E-state index in [4.69, 9.17) is 0 Å². The topological polar surface area (TPSA) is 0 Å². The van der Waals surface area contributed by atoms with E-state index in [1.807, 2.05) is 0 Å². The van der Waals surface area contributed by atoms with E-state index in [0.717, 1.165) is 3.92 Å². The van der Waals surface area contributed by atoms with Crippen molar-refractivity contribution in [3.05, 3.63) is 5.92 Å². The first-order chi connectivity index (χ1) is 7.20. The van der Waals surface area contributed by atoms with Gasteiger partial charge >= 0.3 is 0 Å². The van der Waals surface area contributed by atoms with Gasteiger partial charge in [0.05, 0.1) is 0 Å². The molecule has 0 bridgehead atoms. The van der Waals surface area contributed by atoms with Crippen LogP contribution < -0.4 is 0 Å². The fourth-order valence-corrected chi connectivity index (χ4v) is 2.43. The van der Waals surface area contributed by atoms with E-state index in [1.54, 1.807) is 5.92 Å². The molecular weight excluding hydrogens is 295 g/mol. The van der Waals surface area contributed by atoms with E-state index in [9.17, 15) is 0 Å². The second-order valence-electron chi connectivity index (χ2n) is 4.59. The summed E-state index contributed by atoms with van der Waals surface area (Å²) in [6.45, 7) is 6.91. The zero-order chi connectivity index (χ0) is 11.5. The molecule has 0 aromatic heterocycles. The Kier molecular flexibility index (Phi) is 11.8. The van der Waals surface area contributed by atoms with Gasteiger partial charge in [-0.15, -0.1) is 0 Å². The molecule has 0 nitrogen and oxygen atoms in total. The quantitative estimate of drug-likeness (QED) is 0.265. The second kappa shape index (κ2) is 11.2. The predicted molar refractivity (Wildman–Crippen MR) is 79.6 cm³/mol. The number of rotatable bonds is 10. The summed E-state index contributed by atoms with van der Waals surface area (Å²) in [6.07, 6.45) is 12.5. The van der Waals surface area contributed by atoms with Gasteiger partial charge in [0.15, 0.2) is 0 Å². The Bertz CT molecular complexity index is 121. The first kappa shape index (κ1) is 15.7. The van der Waals surface area contributed by atoms with Crippen LogP contribution in [0.4, 0.5) is 0 Å². The second-order valence-corrected chi connectivity index (χ2v) is 6.71. The molecule has 0 aliphatic heterocycles. The normalized spacial score (nSPS) is 13.4. The summed E-state index contributed by atoms with van der Waals surface area (Å²) in [4.78, 5) is 0. The molecular formula is C14H28I. The lowest BCUT2D eigenvalue weighted by Crippen LogP contribution is -1.95. The van der Waals surface area contributed by atoms with Gasteiger partial charge in [-0.3, -0.25) is 0 Å². The van der Waals surface area contributed by atoms with Crippen LogP contribution in [0.25, 0.3) is 0 Å². The van der Waals surface area contributed by atoms with Gasteiger partial charge < -0.3 is 0 Å². The molecule has 0 saturated heterocycles. The molecule has 91 valence electrons. The first-order valence-electron chi connectivity index (χ1n) is 6.68. The zero-order valence-corrected chi connectivity index (χ0v) is 13.0. The Morgan fingerprint density at radius 2 is 1.67 bits per heavy atom. The van der Waals surface area contributed by atoms with E-state index in [1.165, 1.54) is 57.8 Å². The third-order valence-electron chi connectivity index (χ3n) is 2.99. The summed E-state index contributed by atoms with van der Waals surface area (Å²) < 4.78 is 0.862. The SMILES string of the molecule is CCC[C](CC)CCCCCCC(C)I. The molecule has 0 saturated carbocycles. The first-order valence-corrected chi connectivity index (χ1v) is 7.92. The molecule has 1 unspecified atom stereocenters. The summed E-state index contributed by atoms with van der Waals surface area (Å²) in [5, 5.41) is 0. The standard InChI is InChI=1S/C14H28I/c1-4-10-14(5-2)12-9-7-6-8-11-13(3)15/h13H,4-12H2,1-3H3. The number of alkyl halides is 1. The molecule has 0 N–H and O–H groups in total. The van der Waals surface area contributed by atoms with Crippen LogP contribution in [0.1, 0.15) is 78.6 Å². The van der Waals surface area contributed by atoms with Crippen LogP contribution in [0.15, 0.2) is 0 Å². The van der Waals surface area contributed by atoms with Crippen molar-refractivity contribution in [1.82, 2.24) is 0 Å². The third-order valence-corrected chi connectivity index (χ3v) is 3.61. The highest BCUT2D eigenvalue weighted by atomic mass is 127. The van der Waals surface area contributed by atoms with Crippen LogP contribution in [0.3, 0.4) is 0 Å². The van der Waals surface area contributed by atoms with Crippen molar-refractivity contribution in [2.24, 2.45) is 0 Å². The minimum atomic E-state index is 0.862. The van der Waals surface area contributed by atoms with Crippen molar-refractivity contribution in [3.8, 4) is 0 Å². The largest absolute Gasteiger partial charge is 0.0829 e. The lowest BCUT2D eigenvalue weighted by molar-refractivity contribution is 0.570. The molecule has 0 aromatic rings. The van der Waals surface area contributed by atoms with E-state index in [0.29, 0.717) is 0 Å². The van der Waals surface area contributed by atoms with E-state index in [-0.39, 0.29) is 0 Å². The molecule has 0 heterocycles. The highest BCUT2D eigenvalue weighted by Crippen LogP contribution is 2.21. The number of halogens is 1. The van der Waals surface area contributed by atoms with Gasteiger partial charge in [0.2, 0.25) is 0 Å². The minimum Gasteiger partial charge on any atom is -0.0829 e. The molecule has 1 radical (unpaired) electrons. The molecule has 1 heteroatoms. The Hall–Kier alpha value is 0.730.